The second-order valence-corrected chi connectivity index (χ2v) is 2.72. The monoisotopic (exact) mass is 171 g/mol. The van der Waals surface area contributed by atoms with E-state index in [0.717, 1.165) is 0 Å². The fraction of sp³-hybridized carbons (Fsp3) is 0.750. The summed E-state index contributed by atoms with van der Waals surface area (Å²) in [5, 5.41) is 10.7. The summed E-state index contributed by atoms with van der Waals surface area (Å²) in [4.78, 5) is 15.6. The third-order valence-corrected chi connectivity index (χ3v) is 1.80. The molecule has 1 rings (SSSR count). The van der Waals surface area contributed by atoms with Gasteiger partial charge in [0.15, 0.2) is 0 Å². The SMILES string of the molecule is CCON1CCC(O)CC1=C=O. The van der Waals surface area contributed by atoms with Gasteiger partial charge in [-0.1, -0.05) is 0 Å². The highest BCUT2D eigenvalue weighted by molar-refractivity contribution is 5.51. The highest BCUT2D eigenvalue weighted by Crippen LogP contribution is 2.18. The summed E-state index contributed by atoms with van der Waals surface area (Å²) in [7, 11) is 0. The van der Waals surface area contributed by atoms with Crippen molar-refractivity contribution in [3.63, 3.8) is 0 Å². The maximum absolute atomic E-state index is 10.4. The molecule has 1 unspecified atom stereocenters. The Balaban J connectivity index is 2.57. The molecular formula is C8H13NO3. The second-order valence-electron chi connectivity index (χ2n) is 2.72. The molecule has 1 aliphatic rings. The molecule has 0 aromatic heterocycles. The first-order valence-corrected chi connectivity index (χ1v) is 4.10. The predicted molar refractivity (Wildman–Crippen MR) is 42.8 cm³/mol. The lowest BCUT2D eigenvalue weighted by atomic mass is 10.1. The zero-order valence-corrected chi connectivity index (χ0v) is 7.12. The Morgan fingerprint density at radius 3 is 3.17 bits per heavy atom. The minimum absolute atomic E-state index is 0.351. The van der Waals surface area contributed by atoms with Crippen LogP contribution in [0.3, 0.4) is 0 Å². The molecule has 0 bridgehead atoms. The lowest BCUT2D eigenvalue weighted by Gasteiger charge is -2.29. The number of hydrogen-bond donors (Lipinski definition) is 1. The van der Waals surface area contributed by atoms with Crippen LogP contribution in [0.15, 0.2) is 5.70 Å². The Bertz CT molecular complexity index is 198. The first-order chi connectivity index (χ1) is 5.77. The fourth-order valence-corrected chi connectivity index (χ4v) is 1.22. The van der Waals surface area contributed by atoms with Gasteiger partial charge in [-0.25, -0.2) is 9.86 Å². The van der Waals surface area contributed by atoms with E-state index in [2.05, 4.69) is 0 Å². The van der Waals surface area contributed by atoms with Gasteiger partial charge >= 0.3 is 0 Å². The van der Waals surface area contributed by atoms with Crippen LogP contribution in [0.1, 0.15) is 19.8 Å². The zero-order valence-electron chi connectivity index (χ0n) is 7.12. The van der Waals surface area contributed by atoms with Crippen molar-refractivity contribution in [2.24, 2.45) is 0 Å². The smallest absolute Gasteiger partial charge is 0.148 e. The number of hydroxylamine groups is 2. The number of rotatable bonds is 2. The van der Waals surface area contributed by atoms with E-state index < -0.39 is 6.10 Å². The molecule has 1 aliphatic heterocycles. The van der Waals surface area contributed by atoms with E-state index in [-0.39, 0.29) is 0 Å². The molecule has 0 radical (unpaired) electrons. The average molecular weight is 171 g/mol. The van der Waals surface area contributed by atoms with Gasteiger partial charge < -0.3 is 5.11 Å². The lowest BCUT2D eigenvalue weighted by molar-refractivity contribution is -0.145. The summed E-state index contributed by atoms with van der Waals surface area (Å²) in [6, 6.07) is 0. The molecule has 0 amide bonds. The van der Waals surface area contributed by atoms with E-state index in [1.807, 2.05) is 6.92 Å². The minimum Gasteiger partial charge on any atom is -0.393 e. The number of aliphatic hydroxyl groups is 1. The number of hydrogen-bond acceptors (Lipinski definition) is 4. The summed E-state index contributed by atoms with van der Waals surface area (Å²) in [6.45, 7) is 2.95. The van der Waals surface area contributed by atoms with Crippen molar-refractivity contribution in [3.8, 4) is 0 Å². The summed E-state index contributed by atoms with van der Waals surface area (Å²) in [5.74, 6) is 1.78. The van der Waals surface area contributed by atoms with Gasteiger partial charge in [0.05, 0.1) is 12.7 Å². The summed E-state index contributed by atoms with van der Waals surface area (Å²) in [5.41, 5.74) is 0.413. The molecule has 0 spiro atoms. The standard InChI is InChI=1S/C8H13NO3/c1-2-12-9-4-3-8(11)5-7(9)6-10/h8,11H,2-5H2,1H3. The molecule has 68 valence electrons. The maximum atomic E-state index is 10.4. The van der Waals surface area contributed by atoms with Crippen LogP contribution >= 0.6 is 0 Å². The van der Waals surface area contributed by atoms with Crippen LogP contribution in [0, 0.1) is 0 Å². The molecule has 1 atom stereocenters. The molecule has 1 heterocycles. The Kier molecular flexibility index (Phi) is 3.29. The lowest BCUT2D eigenvalue weighted by Crippen LogP contribution is -2.34. The van der Waals surface area contributed by atoms with Crippen LogP contribution in [-0.2, 0) is 9.63 Å². The van der Waals surface area contributed by atoms with E-state index in [1.54, 1.807) is 5.94 Å². The van der Waals surface area contributed by atoms with Gasteiger partial charge in [-0.3, -0.25) is 4.84 Å². The second kappa shape index (κ2) is 4.26. The zero-order chi connectivity index (χ0) is 8.97. The van der Waals surface area contributed by atoms with Crippen LogP contribution in [0.4, 0.5) is 0 Å². The van der Waals surface area contributed by atoms with E-state index >= 15 is 0 Å². The normalized spacial score (nSPS) is 24.0. The minimum atomic E-state index is -0.418. The first-order valence-electron chi connectivity index (χ1n) is 4.10. The van der Waals surface area contributed by atoms with Crippen LogP contribution in [0.2, 0.25) is 0 Å². The van der Waals surface area contributed by atoms with Gasteiger partial charge in [0.25, 0.3) is 0 Å². The molecule has 4 nitrogen and oxygen atoms in total. The molecule has 0 saturated carbocycles. The van der Waals surface area contributed by atoms with Crippen molar-refractivity contribution >= 4 is 5.94 Å². The molecule has 0 aliphatic carbocycles. The van der Waals surface area contributed by atoms with E-state index in [1.165, 1.54) is 5.06 Å². The number of nitrogens with zero attached hydrogens (tertiary/aromatic N) is 1. The Labute approximate surface area is 71.4 Å². The van der Waals surface area contributed by atoms with Crippen molar-refractivity contribution < 1.29 is 14.7 Å². The number of piperidine rings is 1. The summed E-state index contributed by atoms with van der Waals surface area (Å²) < 4.78 is 0. The predicted octanol–water partition coefficient (Wildman–Crippen LogP) is 0.110. The van der Waals surface area contributed by atoms with Crippen LogP contribution in [-0.4, -0.2) is 35.4 Å². The van der Waals surface area contributed by atoms with E-state index in [0.29, 0.717) is 31.7 Å². The van der Waals surface area contributed by atoms with Gasteiger partial charge in [-0.2, -0.15) is 0 Å². The fourth-order valence-electron chi connectivity index (χ4n) is 1.22. The van der Waals surface area contributed by atoms with Crippen molar-refractivity contribution in [1.29, 1.82) is 0 Å². The molecule has 1 N–H and O–H groups in total. The molecule has 1 saturated heterocycles. The van der Waals surface area contributed by atoms with Crippen LogP contribution in [0.5, 0.6) is 0 Å². The average Bonchev–Trinajstić information content (AvgIpc) is 2.08. The topological polar surface area (TPSA) is 49.8 Å². The number of carbonyl (C=O) groups excluding carboxylic acids is 1. The number of aliphatic hydroxyl groups excluding tert-OH is 1. The molecule has 4 heteroatoms. The van der Waals surface area contributed by atoms with Crippen molar-refractivity contribution in [1.82, 2.24) is 5.06 Å². The van der Waals surface area contributed by atoms with Crippen molar-refractivity contribution in [2.75, 3.05) is 13.2 Å². The molecule has 12 heavy (non-hydrogen) atoms. The molecule has 0 aromatic rings. The van der Waals surface area contributed by atoms with Crippen molar-refractivity contribution in [3.05, 3.63) is 5.70 Å². The van der Waals surface area contributed by atoms with E-state index in [9.17, 15) is 9.90 Å². The Morgan fingerprint density at radius 1 is 1.83 bits per heavy atom. The summed E-state index contributed by atoms with van der Waals surface area (Å²) >= 11 is 0. The molecule has 1 fully saturated rings. The molecule has 0 aromatic carbocycles. The third kappa shape index (κ3) is 2.08. The van der Waals surface area contributed by atoms with Gasteiger partial charge in [0.2, 0.25) is 0 Å². The molecular weight excluding hydrogens is 158 g/mol. The Hall–Kier alpha value is -0.830. The Morgan fingerprint density at radius 2 is 2.58 bits per heavy atom. The van der Waals surface area contributed by atoms with Gasteiger partial charge in [-0.15, -0.1) is 0 Å². The van der Waals surface area contributed by atoms with Crippen LogP contribution < -0.4 is 0 Å². The van der Waals surface area contributed by atoms with Gasteiger partial charge in [0.1, 0.15) is 11.6 Å². The van der Waals surface area contributed by atoms with Crippen molar-refractivity contribution in [2.45, 2.75) is 25.9 Å². The largest absolute Gasteiger partial charge is 0.393 e. The summed E-state index contributed by atoms with van der Waals surface area (Å²) in [6.07, 6.45) is 0.576. The first kappa shape index (κ1) is 9.26. The van der Waals surface area contributed by atoms with Crippen LogP contribution in [0.25, 0.3) is 0 Å². The highest BCUT2D eigenvalue weighted by Gasteiger charge is 2.22. The van der Waals surface area contributed by atoms with E-state index in [4.69, 9.17) is 4.84 Å². The van der Waals surface area contributed by atoms with Gasteiger partial charge in [-0.05, 0) is 13.3 Å². The third-order valence-electron chi connectivity index (χ3n) is 1.80. The highest BCUT2D eigenvalue weighted by atomic mass is 16.7. The van der Waals surface area contributed by atoms with Gasteiger partial charge in [0, 0.05) is 13.0 Å². The maximum Gasteiger partial charge on any atom is 0.148 e. The quantitative estimate of drug-likeness (QED) is 0.599.